The van der Waals surface area contributed by atoms with E-state index in [2.05, 4.69) is 0 Å². The Kier molecular flexibility index (Phi) is 2.42. The second-order valence-corrected chi connectivity index (χ2v) is 3.74. The quantitative estimate of drug-likeness (QED) is 0.783. The fourth-order valence-electron chi connectivity index (χ4n) is 1.85. The number of benzene rings is 1. The molecule has 3 heteroatoms. The van der Waals surface area contributed by atoms with Crippen LogP contribution in [0.1, 0.15) is 24.3 Å². The molecule has 0 aromatic heterocycles. The minimum Gasteiger partial charge on any atom is -0.497 e. The Morgan fingerprint density at radius 1 is 1.43 bits per heavy atom. The molecule has 2 N–H and O–H groups in total. The molecule has 2 nitrogen and oxygen atoms in total. The van der Waals surface area contributed by atoms with E-state index in [9.17, 15) is 4.39 Å². The Bertz CT molecular complexity index is 340. The van der Waals surface area contributed by atoms with Gasteiger partial charge in [0.2, 0.25) is 0 Å². The predicted octanol–water partition coefficient (Wildman–Crippen LogP) is 2.04. The van der Waals surface area contributed by atoms with Crippen molar-refractivity contribution in [3.8, 4) is 5.75 Å². The maximum atomic E-state index is 13.5. The van der Waals surface area contributed by atoms with Gasteiger partial charge in [-0.05, 0) is 24.5 Å². The van der Waals surface area contributed by atoms with Gasteiger partial charge in [-0.1, -0.05) is 6.07 Å². The summed E-state index contributed by atoms with van der Waals surface area (Å²) < 4.78 is 18.5. The highest BCUT2D eigenvalue weighted by Gasteiger charge is 2.30. The largest absolute Gasteiger partial charge is 0.497 e. The Morgan fingerprint density at radius 2 is 2.21 bits per heavy atom. The summed E-state index contributed by atoms with van der Waals surface area (Å²) in [7, 11) is 1.53. The highest BCUT2D eigenvalue weighted by atomic mass is 19.1. The summed E-state index contributed by atoms with van der Waals surface area (Å²) in [6.45, 7) is 0. The predicted molar refractivity (Wildman–Crippen MR) is 52.9 cm³/mol. The third-order valence-corrected chi connectivity index (χ3v) is 2.93. The first-order valence-corrected chi connectivity index (χ1v) is 4.81. The molecule has 2 rings (SSSR count). The van der Waals surface area contributed by atoms with Crippen LogP contribution in [0.3, 0.4) is 0 Å². The van der Waals surface area contributed by atoms with Gasteiger partial charge in [0.1, 0.15) is 11.6 Å². The SMILES string of the molecule is COc1ccc(C2CCC2N)c(F)c1. The number of hydrogen-bond acceptors (Lipinski definition) is 2. The first-order valence-electron chi connectivity index (χ1n) is 4.81. The third-order valence-electron chi connectivity index (χ3n) is 2.93. The standard InChI is InChI=1S/C11H14FNO/c1-14-7-2-3-8(10(12)6-7)9-4-5-11(9)13/h2-3,6,9,11H,4-5,13H2,1H3. The number of nitrogens with two attached hydrogens (primary N) is 1. The molecule has 0 radical (unpaired) electrons. The van der Waals surface area contributed by atoms with Gasteiger partial charge in [-0.3, -0.25) is 0 Å². The minimum absolute atomic E-state index is 0.123. The Morgan fingerprint density at radius 3 is 2.64 bits per heavy atom. The summed E-state index contributed by atoms with van der Waals surface area (Å²) in [5, 5.41) is 0. The summed E-state index contributed by atoms with van der Waals surface area (Å²) in [6, 6.07) is 5.10. The van der Waals surface area contributed by atoms with Crippen LogP contribution in [0.5, 0.6) is 5.75 Å². The molecule has 0 spiro atoms. The first kappa shape index (κ1) is 9.46. The van der Waals surface area contributed by atoms with E-state index in [0.29, 0.717) is 5.75 Å². The lowest BCUT2D eigenvalue weighted by molar-refractivity contribution is 0.335. The zero-order valence-electron chi connectivity index (χ0n) is 8.16. The molecule has 1 aliphatic rings. The van der Waals surface area contributed by atoms with Gasteiger partial charge in [0.15, 0.2) is 0 Å². The van der Waals surface area contributed by atoms with E-state index < -0.39 is 0 Å². The number of rotatable bonds is 2. The maximum absolute atomic E-state index is 13.5. The lowest BCUT2D eigenvalue weighted by Crippen LogP contribution is -2.37. The van der Waals surface area contributed by atoms with Gasteiger partial charge >= 0.3 is 0 Å². The van der Waals surface area contributed by atoms with Crippen molar-refractivity contribution in [2.45, 2.75) is 24.8 Å². The lowest BCUT2D eigenvalue weighted by Gasteiger charge is -2.34. The topological polar surface area (TPSA) is 35.2 Å². The molecule has 1 aliphatic carbocycles. The van der Waals surface area contributed by atoms with E-state index in [4.69, 9.17) is 10.5 Å². The van der Waals surface area contributed by atoms with Gasteiger partial charge in [-0.25, -0.2) is 4.39 Å². The summed E-state index contributed by atoms with van der Waals surface area (Å²) in [4.78, 5) is 0. The Balaban J connectivity index is 2.26. The molecular formula is C11H14FNO. The second kappa shape index (κ2) is 3.58. The summed E-state index contributed by atoms with van der Waals surface area (Å²) in [5.74, 6) is 0.546. The van der Waals surface area contributed by atoms with E-state index in [-0.39, 0.29) is 17.8 Å². The summed E-state index contributed by atoms with van der Waals surface area (Å²) in [5.41, 5.74) is 6.52. The molecule has 2 unspecified atom stereocenters. The molecule has 1 aromatic rings. The van der Waals surface area contributed by atoms with Crippen LogP contribution >= 0.6 is 0 Å². The van der Waals surface area contributed by atoms with E-state index in [1.54, 1.807) is 12.1 Å². The fourth-order valence-corrected chi connectivity index (χ4v) is 1.85. The van der Waals surface area contributed by atoms with E-state index in [0.717, 1.165) is 18.4 Å². The van der Waals surface area contributed by atoms with Crippen LogP contribution in [-0.2, 0) is 0 Å². The lowest BCUT2D eigenvalue weighted by atomic mass is 9.75. The Labute approximate surface area is 82.9 Å². The van der Waals surface area contributed by atoms with Crippen LogP contribution in [0.2, 0.25) is 0 Å². The molecule has 14 heavy (non-hydrogen) atoms. The minimum atomic E-state index is -0.204. The molecule has 1 fully saturated rings. The second-order valence-electron chi connectivity index (χ2n) is 3.74. The van der Waals surface area contributed by atoms with Gasteiger partial charge in [-0.2, -0.15) is 0 Å². The zero-order chi connectivity index (χ0) is 10.1. The molecule has 0 amide bonds. The number of halogens is 1. The van der Waals surface area contributed by atoms with E-state index in [1.807, 2.05) is 0 Å². The van der Waals surface area contributed by atoms with Crippen LogP contribution in [0.15, 0.2) is 18.2 Å². The van der Waals surface area contributed by atoms with Gasteiger partial charge < -0.3 is 10.5 Å². The van der Waals surface area contributed by atoms with Crippen molar-refractivity contribution in [1.82, 2.24) is 0 Å². The van der Waals surface area contributed by atoms with Crippen LogP contribution in [0.4, 0.5) is 4.39 Å². The van der Waals surface area contributed by atoms with Crippen molar-refractivity contribution in [2.75, 3.05) is 7.11 Å². The van der Waals surface area contributed by atoms with Crippen molar-refractivity contribution in [2.24, 2.45) is 5.73 Å². The van der Waals surface area contributed by atoms with E-state index in [1.165, 1.54) is 13.2 Å². The van der Waals surface area contributed by atoms with E-state index >= 15 is 0 Å². The van der Waals surface area contributed by atoms with Crippen molar-refractivity contribution >= 4 is 0 Å². The highest BCUT2D eigenvalue weighted by molar-refractivity contribution is 5.33. The molecule has 1 aromatic carbocycles. The van der Waals surface area contributed by atoms with Crippen molar-refractivity contribution < 1.29 is 9.13 Å². The van der Waals surface area contributed by atoms with Crippen LogP contribution < -0.4 is 10.5 Å². The number of hydrogen-bond donors (Lipinski definition) is 1. The smallest absolute Gasteiger partial charge is 0.130 e. The molecular weight excluding hydrogens is 181 g/mol. The zero-order valence-corrected chi connectivity index (χ0v) is 8.16. The molecule has 2 atom stereocenters. The van der Waals surface area contributed by atoms with Crippen molar-refractivity contribution in [3.63, 3.8) is 0 Å². The normalized spacial score (nSPS) is 25.6. The van der Waals surface area contributed by atoms with Crippen molar-refractivity contribution in [1.29, 1.82) is 0 Å². The average molecular weight is 195 g/mol. The third kappa shape index (κ3) is 1.48. The van der Waals surface area contributed by atoms with Crippen LogP contribution in [0.25, 0.3) is 0 Å². The molecule has 0 bridgehead atoms. The molecule has 0 saturated heterocycles. The van der Waals surface area contributed by atoms with Crippen LogP contribution in [0, 0.1) is 5.82 Å². The summed E-state index contributed by atoms with van der Waals surface area (Å²) in [6.07, 6.45) is 1.99. The average Bonchev–Trinajstić information content (AvgIpc) is 2.18. The molecule has 76 valence electrons. The van der Waals surface area contributed by atoms with Gasteiger partial charge in [0, 0.05) is 18.0 Å². The molecule has 1 saturated carbocycles. The summed E-state index contributed by atoms with van der Waals surface area (Å²) >= 11 is 0. The van der Waals surface area contributed by atoms with Crippen LogP contribution in [-0.4, -0.2) is 13.2 Å². The van der Waals surface area contributed by atoms with Crippen molar-refractivity contribution in [3.05, 3.63) is 29.6 Å². The monoisotopic (exact) mass is 195 g/mol. The fraction of sp³-hybridized carbons (Fsp3) is 0.455. The number of methoxy groups -OCH3 is 1. The molecule has 0 heterocycles. The van der Waals surface area contributed by atoms with Gasteiger partial charge in [-0.15, -0.1) is 0 Å². The Hall–Kier alpha value is -1.09. The molecule has 0 aliphatic heterocycles. The van der Waals surface area contributed by atoms with Gasteiger partial charge in [0.05, 0.1) is 7.11 Å². The highest BCUT2D eigenvalue weighted by Crippen LogP contribution is 2.37. The van der Waals surface area contributed by atoms with Gasteiger partial charge in [0.25, 0.3) is 0 Å². The first-order chi connectivity index (χ1) is 6.72. The number of ether oxygens (including phenoxy) is 1. The maximum Gasteiger partial charge on any atom is 0.130 e.